The maximum Gasteiger partial charge on any atom is 0.264 e. The summed E-state index contributed by atoms with van der Waals surface area (Å²) in [6.07, 6.45) is 0.214. The van der Waals surface area contributed by atoms with Gasteiger partial charge in [0.05, 0.1) is 17.2 Å². The van der Waals surface area contributed by atoms with Crippen LogP contribution in [0.3, 0.4) is 0 Å². The van der Waals surface area contributed by atoms with Gasteiger partial charge in [-0.3, -0.25) is 13.9 Å². The molecule has 0 aliphatic rings. The number of halogens is 1. The summed E-state index contributed by atoms with van der Waals surface area (Å²) in [6, 6.07) is 28.2. The first kappa shape index (κ1) is 33.2. The number of anilines is 1. The van der Waals surface area contributed by atoms with E-state index in [0.717, 1.165) is 39.7 Å². The first-order chi connectivity index (χ1) is 21.6. The van der Waals surface area contributed by atoms with Crippen molar-refractivity contribution < 1.29 is 27.1 Å². The Bertz CT molecular complexity index is 1650. The first-order valence-corrected chi connectivity index (χ1v) is 16.2. The third-order valence-corrected chi connectivity index (χ3v) is 8.80. The van der Waals surface area contributed by atoms with E-state index in [4.69, 9.17) is 4.74 Å². The molecule has 1 N–H and O–H groups in total. The fourth-order valence-corrected chi connectivity index (χ4v) is 6.27. The molecule has 8 nitrogen and oxygen atoms in total. The van der Waals surface area contributed by atoms with Gasteiger partial charge in [0.15, 0.2) is 0 Å². The molecular weight excluding hydrogens is 593 g/mol. The molecule has 4 rings (SSSR count). The topological polar surface area (TPSA) is 96.0 Å². The fourth-order valence-electron chi connectivity index (χ4n) is 4.85. The SMILES string of the molecule is CCOc1ccc(N(CC(=O)N(Cc2ccccc2)[C@@H](Cc2ccccc2)C(=O)NC(C)C)S(=O)(=O)c2ccc(F)cc2)cc1. The predicted octanol–water partition coefficient (Wildman–Crippen LogP) is 5.58. The molecule has 2 amide bonds. The van der Waals surface area contributed by atoms with Gasteiger partial charge in [0.25, 0.3) is 10.0 Å². The summed E-state index contributed by atoms with van der Waals surface area (Å²) in [7, 11) is -4.34. The summed E-state index contributed by atoms with van der Waals surface area (Å²) < 4.78 is 48.3. The Morgan fingerprint density at radius 3 is 1.96 bits per heavy atom. The number of benzene rings is 4. The molecule has 1 atom stereocenters. The van der Waals surface area contributed by atoms with Crippen molar-refractivity contribution in [1.29, 1.82) is 0 Å². The normalized spacial score (nSPS) is 11.9. The van der Waals surface area contributed by atoms with E-state index >= 15 is 0 Å². The number of rotatable bonds is 14. The lowest BCUT2D eigenvalue weighted by Gasteiger charge is -2.34. The Hall–Kier alpha value is -4.70. The first-order valence-electron chi connectivity index (χ1n) is 14.8. The van der Waals surface area contributed by atoms with Crippen LogP contribution in [0.25, 0.3) is 0 Å². The van der Waals surface area contributed by atoms with Crippen LogP contribution < -0.4 is 14.4 Å². The number of amides is 2. The van der Waals surface area contributed by atoms with Gasteiger partial charge in [0.1, 0.15) is 24.2 Å². The number of nitrogens with one attached hydrogen (secondary N) is 1. The van der Waals surface area contributed by atoms with Gasteiger partial charge in [-0.25, -0.2) is 12.8 Å². The third-order valence-electron chi connectivity index (χ3n) is 7.01. The number of sulfonamides is 1. The predicted molar refractivity (Wildman–Crippen MR) is 173 cm³/mol. The maximum atomic E-state index is 14.4. The molecule has 10 heteroatoms. The second-order valence-electron chi connectivity index (χ2n) is 10.8. The molecule has 45 heavy (non-hydrogen) atoms. The smallest absolute Gasteiger partial charge is 0.264 e. The number of carbonyl (C=O) groups excluding carboxylic acids is 2. The van der Waals surface area contributed by atoms with Crippen LogP contribution in [0.1, 0.15) is 31.9 Å². The standard InChI is InChI=1S/C35H38FN3O5S/c1-4-44-31-19-17-30(18-20-31)39(45(42,43)32-21-15-29(36)16-22-32)25-34(40)38(24-28-13-9-6-10-14-28)33(35(41)37-26(2)3)23-27-11-7-5-8-12-27/h5-22,26,33H,4,23-25H2,1-3H3,(H,37,41)/t33-/m0/s1. The molecule has 0 bridgehead atoms. The van der Waals surface area contributed by atoms with E-state index in [9.17, 15) is 22.4 Å². The zero-order chi connectivity index (χ0) is 32.4. The minimum atomic E-state index is -4.34. The van der Waals surface area contributed by atoms with Gasteiger partial charge in [-0.05, 0) is 80.4 Å². The lowest BCUT2D eigenvalue weighted by atomic mass is 10.0. The third kappa shape index (κ3) is 8.92. The van der Waals surface area contributed by atoms with Crippen LogP contribution in [-0.2, 0) is 32.6 Å². The molecule has 4 aromatic rings. The molecule has 0 unspecified atom stereocenters. The quantitative estimate of drug-likeness (QED) is 0.196. The van der Waals surface area contributed by atoms with Crippen LogP contribution in [0, 0.1) is 5.82 Å². The highest BCUT2D eigenvalue weighted by Gasteiger charge is 2.34. The van der Waals surface area contributed by atoms with Crippen molar-refractivity contribution in [1.82, 2.24) is 10.2 Å². The zero-order valence-corrected chi connectivity index (χ0v) is 26.4. The van der Waals surface area contributed by atoms with Crippen LogP contribution in [0.4, 0.5) is 10.1 Å². The van der Waals surface area contributed by atoms with Crippen molar-refractivity contribution in [2.24, 2.45) is 0 Å². The average molecular weight is 632 g/mol. The van der Waals surface area contributed by atoms with E-state index in [-0.39, 0.29) is 35.5 Å². The molecular formula is C35H38FN3O5S. The lowest BCUT2D eigenvalue weighted by Crippen LogP contribution is -2.54. The molecule has 0 aliphatic carbocycles. The molecule has 0 aromatic heterocycles. The fraction of sp³-hybridized carbons (Fsp3) is 0.257. The molecule has 4 aromatic carbocycles. The Morgan fingerprint density at radius 1 is 0.822 bits per heavy atom. The minimum absolute atomic E-state index is 0.0659. The van der Waals surface area contributed by atoms with Gasteiger partial charge in [-0.15, -0.1) is 0 Å². The Kier molecular flexibility index (Phi) is 11.3. The van der Waals surface area contributed by atoms with Crippen molar-refractivity contribution in [2.45, 2.75) is 50.7 Å². The van der Waals surface area contributed by atoms with Crippen molar-refractivity contribution in [3.05, 3.63) is 126 Å². The van der Waals surface area contributed by atoms with Gasteiger partial charge < -0.3 is 15.0 Å². The Balaban J connectivity index is 1.79. The molecule has 236 valence electrons. The molecule has 0 saturated heterocycles. The highest BCUT2D eigenvalue weighted by Crippen LogP contribution is 2.27. The van der Waals surface area contributed by atoms with Gasteiger partial charge >= 0.3 is 0 Å². The summed E-state index contributed by atoms with van der Waals surface area (Å²) in [5.74, 6) is -0.998. The number of ether oxygens (including phenoxy) is 1. The van der Waals surface area contributed by atoms with Gasteiger partial charge in [0.2, 0.25) is 11.8 Å². The number of nitrogens with zero attached hydrogens (tertiary/aromatic N) is 2. The molecule has 0 spiro atoms. The zero-order valence-electron chi connectivity index (χ0n) is 25.6. The van der Waals surface area contributed by atoms with Gasteiger partial charge in [-0.2, -0.15) is 0 Å². The molecule has 0 saturated carbocycles. The molecule has 0 fully saturated rings. The van der Waals surface area contributed by atoms with Crippen LogP contribution in [0.5, 0.6) is 5.75 Å². The van der Waals surface area contributed by atoms with Crippen LogP contribution >= 0.6 is 0 Å². The van der Waals surface area contributed by atoms with Gasteiger partial charge in [0, 0.05) is 19.0 Å². The number of hydrogen-bond donors (Lipinski definition) is 1. The minimum Gasteiger partial charge on any atom is -0.494 e. The summed E-state index contributed by atoms with van der Waals surface area (Å²) >= 11 is 0. The molecule has 0 aliphatic heterocycles. The molecule has 0 heterocycles. The summed E-state index contributed by atoms with van der Waals surface area (Å²) in [5.41, 5.74) is 1.83. The monoisotopic (exact) mass is 631 g/mol. The summed E-state index contributed by atoms with van der Waals surface area (Å²) in [5, 5.41) is 2.93. The van der Waals surface area contributed by atoms with E-state index in [1.165, 1.54) is 4.90 Å². The Morgan fingerprint density at radius 2 is 1.40 bits per heavy atom. The van der Waals surface area contributed by atoms with Crippen LogP contribution in [0.2, 0.25) is 0 Å². The maximum absolute atomic E-state index is 14.4. The number of hydrogen-bond acceptors (Lipinski definition) is 5. The number of carbonyl (C=O) groups is 2. The second-order valence-corrected chi connectivity index (χ2v) is 12.6. The summed E-state index contributed by atoms with van der Waals surface area (Å²) in [4.78, 5) is 29.4. The van der Waals surface area contributed by atoms with Crippen molar-refractivity contribution in [3.8, 4) is 5.75 Å². The lowest BCUT2D eigenvalue weighted by molar-refractivity contribution is -0.140. The van der Waals surface area contributed by atoms with Crippen molar-refractivity contribution in [3.63, 3.8) is 0 Å². The van der Waals surface area contributed by atoms with E-state index in [0.29, 0.717) is 12.4 Å². The van der Waals surface area contributed by atoms with Gasteiger partial charge in [-0.1, -0.05) is 60.7 Å². The largest absolute Gasteiger partial charge is 0.494 e. The van der Waals surface area contributed by atoms with Crippen molar-refractivity contribution >= 4 is 27.5 Å². The van der Waals surface area contributed by atoms with Crippen molar-refractivity contribution in [2.75, 3.05) is 17.5 Å². The molecule has 0 radical (unpaired) electrons. The van der Waals surface area contributed by atoms with E-state index in [2.05, 4.69) is 5.32 Å². The van der Waals surface area contributed by atoms with Crippen LogP contribution in [0.15, 0.2) is 114 Å². The second kappa shape index (κ2) is 15.3. The van der Waals surface area contributed by atoms with E-state index in [1.54, 1.807) is 24.3 Å². The average Bonchev–Trinajstić information content (AvgIpc) is 3.03. The highest BCUT2D eigenvalue weighted by molar-refractivity contribution is 7.92. The van der Waals surface area contributed by atoms with Crippen LogP contribution in [-0.4, -0.2) is 50.4 Å². The Labute approximate surface area is 264 Å². The highest BCUT2D eigenvalue weighted by atomic mass is 32.2. The van der Waals surface area contributed by atoms with E-state index in [1.807, 2.05) is 81.4 Å². The summed E-state index contributed by atoms with van der Waals surface area (Å²) in [6.45, 7) is 5.39. The van der Waals surface area contributed by atoms with E-state index < -0.39 is 34.3 Å².